The van der Waals surface area contributed by atoms with Gasteiger partial charge < -0.3 is 9.80 Å². The standard InChI is InChI=1S/C19H24FN3O2S/c1-22-11-13-23(14-12-22)18-7-5-16(6-8-18)9-10-21-26(24,25)19-4-2-3-17(20)15-19/h2-8,15,21H,9-14H2,1H3. The van der Waals surface area contributed by atoms with E-state index >= 15 is 0 Å². The minimum Gasteiger partial charge on any atom is -0.369 e. The molecule has 2 aromatic rings. The lowest BCUT2D eigenvalue weighted by molar-refractivity contribution is 0.313. The molecule has 26 heavy (non-hydrogen) atoms. The summed E-state index contributed by atoms with van der Waals surface area (Å²) in [6, 6.07) is 13.3. The monoisotopic (exact) mass is 377 g/mol. The number of nitrogens with zero attached hydrogens (tertiary/aromatic N) is 2. The highest BCUT2D eigenvalue weighted by atomic mass is 32.2. The van der Waals surface area contributed by atoms with E-state index in [4.69, 9.17) is 0 Å². The van der Waals surface area contributed by atoms with Crippen molar-refractivity contribution in [3.63, 3.8) is 0 Å². The van der Waals surface area contributed by atoms with Crippen LogP contribution in [0.1, 0.15) is 5.56 Å². The molecule has 0 amide bonds. The van der Waals surface area contributed by atoms with E-state index in [1.807, 2.05) is 12.1 Å². The topological polar surface area (TPSA) is 52.6 Å². The quantitative estimate of drug-likeness (QED) is 0.838. The highest BCUT2D eigenvalue weighted by Crippen LogP contribution is 2.17. The molecular formula is C19H24FN3O2S. The summed E-state index contributed by atoms with van der Waals surface area (Å²) in [7, 11) is -1.56. The third kappa shape index (κ3) is 4.81. The maximum Gasteiger partial charge on any atom is 0.240 e. The summed E-state index contributed by atoms with van der Waals surface area (Å²) < 4.78 is 40.1. The van der Waals surface area contributed by atoms with Crippen molar-refractivity contribution in [3.05, 3.63) is 59.9 Å². The summed E-state index contributed by atoms with van der Waals surface area (Å²) in [5, 5.41) is 0. The summed E-state index contributed by atoms with van der Waals surface area (Å²) >= 11 is 0. The van der Waals surface area contributed by atoms with Crippen molar-refractivity contribution >= 4 is 15.7 Å². The fourth-order valence-electron chi connectivity index (χ4n) is 2.99. The van der Waals surface area contributed by atoms with E-state index in [-0.39, 0.29) is 11.4 Å². The lowest BCUT2D eigenvalue weighted by Gasteiger charge is -2.34. The van der Waals surface area contributed by atoms with Crippen LogP contribution in [0.15, 0.2) is 53.4 Å². The lowest BCUT2D eigenvalue weighted by atomic mass is 10.1. The normalized spacial score (nSPS) is 16.0. The van der Waals surface area contributed by atoms with Crippen molar-refractivity contribution in [3.8, 4) is 0 Å². The molecule has 0 radical (unpaired) electrons. The molecule has 1 N–H and O–H groups in total. The van der Waals surface area contributed by atoms with Gasteiger partial charge in [-0.3, -0.25) is 0 Å². The summed E-state index contributed by atoms with van der Waals surface area (Å²) in [6.07, 6.45) is 0.581. The number of hydrogen-bond acceptors (Lipinski definition) is 4. The van der Waals surface area contributed by atoms with Crippen molar-refractivity contribution in [2.45, 2.75) is 11.3 Å². The van der Waals surface area contributed by atoms with Gasteiger partial charge in [-0.2, -0.15) is 0 Å². The maximum atomic E-state index is 13.2. The van der Waals surface area contributed by atoms with Crippen LogP contribution in [0, 0.1) is 5.82 Å². The zero-order chi connectivity index (χ0) is 18.6. The van der Waals surface area contributed by atoms with Gasteiger partial charge in [-0.25, -0.2) is 17.5 Å². The van der Waals surface area contributed by atoms with Crippen LogP contribution in [-0.4, -0.2) is 53.1 Å². The first-order valence-electron chi connectivity index (χ1n) is 8.72. The molecule has 1 aliphatic rings. The van der Waals surface area contributed by atoms with E-state index in [2.05, 4.69) is 33.7 Å². The number of hydrogen-bond donors (Lipinski definition) is 1. The third-order valence-corrected chi connectivity index (χ3v) is 6.08. The Hall–Kier alpha value is -1.96. The maximum absolute atomic E-state index is 13.2. The number of benzene rings is 2. The van der Waals surface area contributed by atoms with Gasteiger partial charge in [0.05, 0.1) is 4.90 Å². The fraction of sp³-hybridized carbons (Fsp3) is 0.368. The molecule has 1 heterocycles. The average molecular weight is 377 g/mol. The van der Waals surface area contributed by atoms with Gasteiger partial charge in [0.1, 0.15) is 5.82 Å². The Balaban J connectivity index is 1.53. The summed E-state index contributed by atoms with van der Waals surface area (Å²) in [5.41, 5.74) is 2.26. The highest BCUT2D eigenvalue weighted by molar-refractivity contribution is 7.89. The first-order valence-corrected chi connectivity index (χ1v) is 10.2. The number of piperazine rings is 1. The van der Waals surface area contributed by atoms with Gasteiger partial charge in [0.25, 0.3) is 0 Å². The molecule has 0 atom stereocenters. The average Bonchev–Trinajstić information content (AvgIpc) is 2.63. The predicted molar refractivity (Wildman–Crippen MR) is 101 cm³/mol. The van der Waals surface area contributed by atoms with Crippen LogP contribution in [0.2, 0.25) is 0 Å². The van der Waals surface area contributed by atoms with Gasteiger partial charge in [0, 0.05) is 38.4 Å². The van der Waals surface area contributed by atoms with Crippen LogP contribution in [0.3, 0.4) is 0 Å². The number of nitrogens with one attached hydrogen (secondary N) is 1. The molecule has 1 saturated heterocycles. The van der Waals surface area contributed by atoms with Crippen LogP contribution in [0.4, 0.5) is 10.1 Å². The fourth-order valence-corrected chi connectivity index (χ4v) is 4.05. The summed E-state index contributed by atoms with van der Waals surface area (Å²) in [6.45, 7) is 4.42. The molecule has 0 aliphatic carbocycles. The van der Waals surface area contributed by atoms with Crippen LogP contribution >= 0.6 is 0 Å². The second-order valence-corrected chi connectivity index (χ2v) is 8.33. The first kappa shape index (κ1) is 18.8. The zero-order valence-electron chi connectivity index (χ0n) is 14.9. The second kappa shape index (κ2) is 8.16. The Labute approximate surface area is 154 Å². The smallest absolute Gasteiger partial charge is 0.240 e. The van der Waals surface area contributed by atoms with Gasteiger partial charge in [-0.05, 0) is 49.4 Å². The number of sulfonamides is 1. The third-order valence-electron chi connectivity index (χ3n) is 4.62. The van der Waals surface area contributed by atoms with Crippen molar-refractivity contribution in [1.29, 1.82) is 0 Å². The van der Waals surface area contributed by atoms with Crippen molar-refractivity contribution in [1.82, 2.24) is 9.62 Å². The van der Waals surface area contributed by atoms with Crippen molar-refractivity contribution in [2.24, 2.45) is 0 Å². The number of likely N-dealkylation sites (N-methyl/N-ethyl adjacent to an activating group) is 1. The van der Waals surface area contributed by atoms with Crippen LogP contribution in [0.5, 0.6) is 0 Å². The zero-order valence-corrected chi connectivity index (χ0v) is 15.7. The molecule has 2 aromatic carbocycles. The number of halogens is 1. The SMILES string of the molecule is CN1CCN(c2ccc(CCNS(=O)(=O)c3cccc(F)c3)cc2)CC1. The summed E-state index contributed by atoms with van der Waals surface area (Å²) in [5.74, 6) is -0.563. The molecule has 1 fully saturated rings. The largest absolute Gasteiger partial charge is 0.369 e. The van der Waals surface area contributed by atoms with Gasteiger partial charge in [-0.15, -0.1) is 0 Å². The molecule has 3 rings (SSSR count). The van der Waals surface area contributed by atoms with E-state index in [1.54, 1.807) is 0 Å². The van der Waals surface area contributed by atoms with Crippen LogP contribution < -0.4 is 9.62 Å². The second-order valence-electron chi connectivity index (χ2n) is 6.56. The van der Waals surface area contributed by atoms with E-state index < -0.39 is 15.8 Å². The number of anilines is 1. The van der Waals surface area contributed by atoms with Crippen LogP contribution in [-0.2, 0) is 16.4 Å². The van der Waals surface area contributed by atoms with Gasteiger partial charge in [-0.1, -0.05) is 18.2 Å². The summed E-state index contributed by atoms with van der Waals surface area (Å²) in [4.78, 5) is 4.62. The molecule has 1 aliphatic heterocycles. The lowest BCUT2D eigenvalue weighted by Crippen LogP contribution is -2.44. The van der Waals surface area contributed by atoms with E-state index in [1.165, 1.54) is 23.9 Å². The molecular weight excluding hydrogens is 353 g/mol. The molecule has 5 nitrogen and oxygen atoms in total. The minimum atomic E-state index is -3.69. The Morgan fingerprint density at radius 2 is 1.73 bits per heavy atom. The van der Waals surface area contributed by atoms with E-state index in [9.17, 15) is 12.8 Å². The number of rotatable bonds is 6. The van der Waals surface area contributed by atoms with Gasteiger partial charge in [0.2, 0.25) is 10.0 Å². The predicted octanol–water partition coefficient (Wildman–Crippen LogP) is 2.10. The van der Waals surface area contributed by atoms with Crippen LogP contribution in [0.25, 0.3) is 0 Å². The Bertz CT molecular complexity index is 832. The van der Waals surface area contributed by atoms with Gasteiger partial charge in [0.15, 0.2) is 0 Å². The van der Waals surface area contributed by atoms with Crippen molar-refractivity contribution in [2.75, 3.05) is 44.7 Å². The van der Waals surface area contributed by atoms with E-state index in [0.29, 0.717) is 6.42 Å². The highest BCUT2D eigenvalue weighted by Gasteiger charge is 2.15. The Morgan fingerprint density at radius 1 is 1.04 bits per heavy atom. The Kier molecular flexibility index (Phi) is 5.90. The molecule has 7 heteroatoms. The molecule has 0 bridgehead atoms. The van der Waals surface area contributed by atoms with Crippen molar-refractivity contribution < 1.29 is 12.8 Å². The molecule has 140 valence electrons. The minimum absolute atomic E-state index is 0.0529. The van der Waals surface area contributed by atoms with E-state index in [0.717, 1.165) is 37.8 Å². The van der Waals surface area contributed by atoms with Gasteiger partial charge >= 0.3 is 0 Å². The molecule has 0 aromatic heterocycles. The molecule has 0 unspecified atom stereocenters. The molecule has 0 spiro atoms. The Morgan fingerprint density at radius 3 is 2.38 bits per heavy atom. The molecule has 0 saturated carbocycles. The first-order chi connectivity index (χ1) is 12.4.